The number of nitrogens with two attached hydrogens (primary N) is 1. The van der Waals surface area contributed by atoms with Gasteiger partial charge in [0.05, 0.1) is 4.47 Å². The summed E-state index contributed by atoms with van der Waals surface area (Å²) in [6.45, 7) is 2.44. The molecule has 0 fully saturated rings. The van der Waals surface area contributed by atoms with Gasteiger partial charge in [0.15, 0.2) is 0 Å². The van der Waals surface area contributed by atoms with E-state index in [2.05, 4.69) is 15.9 Å². The molecule has 1 aromatic rings. The molecule has 1 unspecified atom stereocenters. The summed E-state index contributed by atoms with van der Waals surface area (Å²) >= 11 is 2.99. The summed E-state index contributed by atoms with van der Waals surface area (Å²) in [7, 11) is 0. The molecular weight excluding hydrogens is 249 g/mol. The summed E-state index contributed by atoms with van der Waals surface area (Å²) in [5, 5.41) is 9.22. The van der Waals surface area contributed by atoms with Crippen molar-refractivity contribution >= 4 is 15.9 Å². The predicted octanol–water partition coefficient (Wildman–Crippen LogP) is 2.75. The van der Waals surface area contributed by atoms with Gasteiger partial charge in [0.25, 0.3) is 0 Å². The van der Waals surface area contributed by atoms with Crippen LogP contribution in [0.1, 0.15) is 24.8 Å². The highest BCUT2D eigenvalue weighted by Crippen LogP contribution is 2.32. The molecule has 1 rings (SSSR count). The maximum absolute atomic E-state index is 13.6. The van der Waals surface area contributed by atoms with Gasteiger partial charge < -0.3 is 10.8 Å². The average molecular weight is 262 g/mol. The van der Waals surface area contributed by atoms with Gasteiger partial charge >= 0.3 is 0 Å². The number of benzene rings is 1. The van der Waals surface area contributed by atoms with Gasteiger partial charge in [-0.05, 0) is 46.4 Å². The molecule has 0 bridgehead atoms. The Labute approximate surface area is 91.1 Å². The van der Waals surface area contributed by atoms with Gasteiger partial charge in [0, 0.05) is 0 Å². The molecule has 0 spiro atoms. The van der Waals surface area contributed by atoms with Crippen LogP contribution >= 0.6 is 15.9 Å². The van der Waals surface area contributed by atoms with Crippen LogP contribution in [-0.4, -0.2) is 11.7 Å². The van der Waals surface area contributed by atoms with Crippen LogP contribution in [-0.2, 0) is 0 Å². The average Bonchev–Trinajstić information content (AvgIpc) is 2.15. The Balaban J connectivity index is 3.04. The Bertz CT molecular complexity index is 330. The van der Waals surface area contributed by atoms with E-state index < -0.39 is 5.82 Å². The van der Waals surface area contributed by atoms with Crippen LogP contribution < -0.4 is 5.73 Å². The lowest BCUT2D eigenvalue weighted by molar-refractivity contribution is 0.461. The molecular formula is C10H13BrFNO. The van der Waals surface area contributed by atoms with Crippen molar-refractivity contribution in [2.24, 2.45) is 5.73 Å². The third kappa shape index (κ3) is 2.25. The molecule has 3 N–H and O–H groups in total. The van der Waals surface area contributed by atoms with Crippen molar-refractivity contribution in [3.05, 3.63) is 28.0 Å². The summed E-state index contributed by atoms with van der Waals surface area (Å²) in [5.74, 6) is -0.408. The summed E-state index contributed by atoms with van der Waals surface area (Å²) in [6, 6.07) is 3.07. The van der Waals surface area contributed by atoms with Crippen LogP contribution in [0.2, 0.25) is 0 Å². The van der Waals surface area contributed by atoms with Crippen LogP contribution in [0.5, 0.6) is 5.75 Å². The molecule has 0 radical (unpaired) electrons. The minimum absolute atomic E-state index is 0.0666. The fourth-order valence-corrected chi connectivity index (χ4v) is 1.70. The molecule has 14 heavy (non-hydrogen) atoms. The number of hydrogen-bond acceptors (Lipinski definition) is 2. The SMILES string of the molecule is CC(CCN)c1ccc(O)c(Br)c1F. The summed E-state index contributed by atoms with van der Waals surface area (Å²) < 4.78 is 13.7. The first-order chi connectivity index (χ1) is 6.57. The van der Waals surface area contributed by atoms with E-state index in [-0.39, 0.29) is 16.1 Å². The molecule has 0 aliphatic carbocycles. The van der Waals surface area contributed by atoms with Gasteiger partial charge in [0.2, 0.25) is 0 Å². The molecule has 2 nitrogen and oxygen atoms in total. The van der Waals surface area contributed by atoms with Crippen molar-refractivity contribution in [2.75, 3.05) is 6.54 Å². The van der Waals surface area contributed by atoms with E-state index in [1.165, 1.54) is 6.07 Å². The van der Waals surface area contributed by atoms with Gasteiger partial charge in [-0.2, -0.15) is 0 Å². The van der Waals surface area contributed by atoms with E-state index in [0.29, 0.717) is 12.1 Å². The fourth-order valence-electron chi connectivity index (χ4n) is 1.34. The van der Waals surface area contributed by atoms with Crippen molar-refractivity contribution in [2.45, 2.75) is 19.3 Å². The summed E-state index contributed by atoms with van der Waals surface area (Å²) in [6.07, 6.45) is 0.730. The third-order valence-electron chi connectivity index (χ3n) is 2.22. The molecule has 0 heterocycles. The number of halogens is 2. The van der Waals surface area contributed by atoms with E-state index in [1.54, 1.807) is 6.07 Å². The monoisotopic (exact) mass is 261 g/mol. The molecule has 0 saturated heterocycles. The Kier molecular flexibility index (Phi) is 3.89. The van der Waals surface area contributed by atoms with E-state index in [4.69, 9.17) is 5.73 Å². The summed E-state index contributed by atoms with van der Waals surface area (Å²) in [5.41, 5.74) is 5.98. The van der Waals surface area contributed by atoms with E-state index >= 15 is 0 Å². The second-order valence-electron chi connectivity index (χ2n) is 3.28. The second-order valence-corrected chi connectivity index (χ2v) is 4.07. The van der Waals surface area contributed by atoms with E-state index in [9.17, 15) is 9.50 Å². The van der Waals surface area contributed by atoms with Crippen LogP contribution in [0.3, 0.4) is 0 Å². The Morgan fingerprint density at radius 2 is 2.21 bits per heavy atom. The van der Waals surface area contributed by atoms with Crippen molar-refractivity contribution in [3.63, 3.8) is 0 Å². The molecule has 4 heteroatoms. The maximum Gasteiger partial charge on any atom is 0.144 e. The quantitative estimate of drug-likeness (QED) is 0.879. The van der Waals surface area contributed by atoms with Gasteiger partial charge in [-0.25, -0.2) is 4.39 Å². The highest BCUT2D eigenvalue weighted by atomic mass is 79.9. The Hall–Kier alpha value is -0.610. The number of aromatic hydroxyl groups is 1. The van der Waals surface area contributed by atoms with Gasteiger partial charge in [-0.15, -0.1) is 0 Å². The van der Waals surface area contributed by atoms with E-state index in [1.807, 2.05) is 6.92 Å². The standard InChI is InChI=1S/C10H13BrFNO/c1-6(4-5-13)7-2-3-8(14)9(11)10(7)12/h2-3,6,14H,4-5,13H2,1H3. The Morgan fingerprint density at radius 3 is 2.79 bits per heavy atom. The Morgan fingerprint density at radius 1 is 1.57 bits per heavy atom. The number of hydrogen-bond donors (Lipinski definition) is 2. The molecule has 0 aromatic heterocycles. The molecule has 78 valence electrons. The van der Waals surface area contributed by atoms with Crippen LogP contribution in [0.4, 0.5) is 4.39 Å². The molecule has 0 saturated carbocycles. The maximum atomic E-state index is 13.6. The lowest BCUT2D eigenvalue weighted by Gasteiger charge is -2.12. The topological polar surface area (TPSA) is 46.2 Å². The van der Waals surface area contributed by atoms with Crippen LogP contribution in [0.25, 0.3) is 0 Å². The zero-order valence-corrected chi connectivity index (χ0v) is 9.51. The zero-order chi connectivity index (χ0) is 10.7. The minimum atomic E-state index is -0.397. The van der Waals surface area contributed by atoms with Crippen molar-refractivity contribution in [1.82, 2.24) is 0 Å². The van der Waals surface area contributed by atoms with Gasteiger partial charge in [0.1, 0.15) is 11.6 Å². The normalized spacial score (nSPS) is 12.9. The largest absolute Gasteiger partial charge is 0.507 e. The third-order valence-corrected chi connectivity index (χ3v) is 2.98. The first-order valence-electron chi connectivity index (χ1n) is 4.44. The van der Waals surface area contributed by atoms with Gasteiger partial charge in [-0.1, -0.05) is 13.0 Å². The zero-order valence-electron chi connectivity index (χ0n) is 7.93. The molecule has 1 aromatic carbocycles. The molecule has 1 atom stereocenters. The first-order valence-corrected chi connectivity index (χ1v) is 5.24. The number of phenols is 1. The van der Waals surface area contributed by atoms with Crippen molar-refractivity contribution in [3.8, 4) is 5.75 Å². The highest BCUT2D eigenvalue weighted by molar-refractivity contribution is 9.10. The number of phenolic OH excluding ortho intramolecular Hbond substituents is 1. The molecule has 0 aliphatic rings. The molecule has 0 aliphatic heterocycles. The lowest BCUT2D eigenvalue weighted by atomic mass is 9.97. The minimum Gasteiger partial charge on any atom is -0.507 e. The highest BCUT2D eigenvalue weighted by Gasteiger charge is 2.15. The van der Waals surface area contributed by atoms with Crippen LogP contribution in [0, 0.1) is 5.82 Å². The van der Waals surface area contributed by atoms with Crippen LogP contribution in [0.15, 0.2) is 16.6 Å². The molecule has 0 amide bonds. The van der Waals surface area contributed by atoms with Crippen molar-refractivity contribution in [1.29, 1.82) is 0 Å². The number of rotatable bonds is 3. The summed E-state index contributed by atoms with van der Waals surface area (Å²) in [4.78, 5) is 0. The first kappa shape index (κ1) is 11.5. The predicted molar refractivity (Wildman–Crippen MR) is 57.9 cm³/mol. The van der Waals surface area contributed by atoms with Crippen molar-refractivity contribution < 1.29 is 9.50 Å². The second kappa shape index (κ2) is 4.75. The lowest BCUT2D eigenvalue weighted by Crippen LogP contribution is -2.06. The van der Waals surface area contributed by atoms with E-state index in [0.717, 1.165) is 6.42 Å². The smallest absolute Gasteiger partial charge is 0.144 e. The fraction of sp³-hybridized carbons (Fsp3) is 0.400. The van der Waals surface area contributed by atoms with Gasteiger partial charge in [-0.3, -0.25) is 0 Å².